The van der Waals surface area contributed by atoms with Gasteiger partial charge in [0.2, 0.25) is 5.95 Å². The molecule has 2 rings (SSSR count). The van der Waals surface area contributed by atoms with Gasteiger partial charge >= 0.3 is 0 Å². The molecule has 1 aromatic heterocycles. The summed E-state index contributed by atoms with van der Waals surface area (Å²) in [4.78, 5) is 4.58. The highest BCUT2D eigenvalue weighted by molar-refractivity contribution is 6.22. The number of fused-ring (bicyclic) bond motifs is 1. The maximum absolute atomic E-state index is 6.04. The molecule has 0 aliphatic heterocycles. The van der Waals surface area contributed by atoms with E-state index in [4.69, 9.17) is 23.2 Å². The Kier molecular flexibility index (Phi) is 4.03. The van der Waals surface area contributed by atoms with Crippen molar-refractivity contribution in [3.8, 4) is 0 Å². The van der Waals surface area contributed by atoms with E-state index < -0.39 is 0 Å². The van der Waals surface area contributed by atoms with E-state index in [0.717, 1.165) is 23.4 Å². The van der Waals surface area contributed by atoms with Crippen LogP contribution in [0.3, 0.4) is 0 Å². The van der Waals surface area contributed by atoms with E-state index in [1.807, 2.05) is 35.9 Å². The van der Waals surface area contributed by atoms with Crippen LogP contribution in [0.25, 0.3) is 11.0 Å². The molecule has 0 bridgehead atoms. The average Bonchev–Trinajstić information content (AvgIpc) is 2.73. The monoisotopic (exact) mass is 285 g/mol. The van der Waals surface area contributed by atoms with Crippen molar-refractivity contribution in [3.63, 3.8) is 0 Å². The molecule has 1 aromatic carbocycles. The second kappa shape index (κ2) is 5.37. The van der Waals surface area contributed by atoms with Gasteiger partial charge < -0.3 is 9.88 Å². The van der Waals surface area contributed by atoms with Crippen molar-refractivity contribution in [2.75, 3.05) is 17.1 Å². The Labute approximate surface area is 117 Å². The molecule has 0 amide bonds. The number of nitrogens with zero attached hydrogens (tertiary/aromatic N) is 2. The van der Waals surface area contributed by atoms with E-state index in [1.165, 1.54) is 0 Å². The summed E-state index contributed by atoms with van der Waals surface area (Å²) in [6.07, 6.45) is 0.850. The maximum atomic E-state index is 6.04. The van der Waals surface area contributed by atoms with Crippen molar-refractivity contribution in [2.24, 2.45) is 7.05 Å². The zero-order valence-electron chi connectivity index (χ0n) is 10.6. The maximum Gasteiger partial charge on any atom is 0.204 e. The third kappa shape index (κ3) is 2.29. The Balaban J connectivity index is 2.39. The molecule has 0 spiro atoms. The minimum Gasteiger partial charge on any atom is -0.348 e. The molecule has 0 fully saturated rings. The Morgan fingerprint density at radius 2 is 1.94 bits per heavy atom. The summed E-state index contributed by atoms with van der Waals surface area (Å²) in [5.41, 5.74) is 1.75. The number of benzene rings is 1. The summed E-state index contributed by atoms with van der Waals surface area (Å²) in [6.45, 7) is 2.07. The van der Waals surface area contributed by atoms with Gasteiger partial charge in [0, 0.05) is 18.8 Å². The van der Waals surface area contributed by atoms with Gasteiger partial charge in [0.1, 0.15) is 0 Å². The summed E-state index contributed by atoms with van der Waals surface area (Å²) in [6, 6.07) is 8.03. The fourth-order valence-electron chi connectivity index (χ4n) is 1.87. The number of alkyl halides is 2. The molecule has 0 atom stereocenters. The number of para-hydroxylation sites is 2. The van der Waals surface area contributed by atoms with Crippen LogP contribution in [-0.4, -0.2) is 26.9 Å². The van der Waals surface area contributed by atoms with Crippen molar-refractivity contribution in [1.82, 2.24) is 9.55 Å². The average molecular weight is 286 g/mol. The number of anilines is 1. The van der Waals surface area contributed by atoms with Gasteiger partial charge in [0.05, 0.1) is 16.6 Å². The Morgan fingerprint density at radius 3 is 2.50 bits per heavy atom. The van der Waals surface area contributed by atoms with Crippen LogP contribution in [0.4, 0.5) is 5.95 Å². The molecular formula is C13H17Cl2N3. The first-order valence-electron chi connectivity index (χ1n) is 5.97. The first-order valence-corrected chi connectivity index (χ1v) is 7.04. The lowest BCUT2D eigenvalue weighted by molar-refractivity contribution is 0.552. The SMILES string of the molecule is CCC(CCl)(CCl)Nc1nc2ccccc2n1C. The number of nitrogens with one attached hydrogen (secondary N) is 1. The molecule has 0 aliphatic carbocycles. The Morgan fingerprint density at radius 1 is 1.28 bits per heavy atom. The molecule has 5 heteroatoms. The zero-order chi connectivity index (χ0) is 13.2. The van der Waals surface area contributed by atoms with Crippen LogP contribution in [0.1, 0.15) is 13.3 Å². The van der Waals surface area contributed by atoms with Crippen molar-refractivity contribution in [3.05, 3.63) is 24.3 Å². The number of hydrogen-bond donors (Lipinski definition) is 1. The summed E-state index contributed by atoms with van der Waals surface area (Å²) in [5, 5.41) is 3.39. The van der Waals surface area contributed by atoms with E-state index in [0.29, 0.717) is 11.8 Å². The first kappa shape index (κ1) is 13.5. The number of rotatable bonds is 5. The largest absolute Gasteiger partial charge is 0.348 e. The van der Waals surface area contributed by atoms with Crippen molar-refractivity contribution in [2.45, 2.75) is 18.9 Å². The van der Waals surface area contributed by atoms with Crippen LogP contribution in [0.15, 0.2) is 24.3 Å². The second-order valence-corrected chi connectivity index (χ2v) is 5.04. The van der Waals surface area contributed by atoms with Gasteiger partial charge in [-0.15, -0.1) is 23.2 Å². The fourth-order valence-corrected chi connectivity index (χ4v) is 2.67. The van der Waals surface area contributed by atoms with Gasteiger partial charge in [-0.25, -0.2) is 4.98 Å². The minimum absolute atomic E-state index is 0.307. The minimum atomic E-state index is -0.307. The standard InChI is InChI=1S/C13H17Cl2N3/c1-3-13(8-14,9-15)17-12-16-10-6-4-5-7-11(10)18(12)2/h4-7H,3,8-9H2,1-2H3,(H,16,17). The lowest BCUT2D eigenvalue weighted by atomic mass is 10.0. The first-order chi connectivity index (χ1) is 8.65. The molecule has 0 unspecified atom stereocenters. The Hall–Kier alpha value is -0.930. The topological polar surface area (TPSA) is 29.9 Å². The van der Waals surface area contributed by atoms with E-state index in [2.05, 4.69) is 17.2 Å². The summed E-state index contributed by atoms with van der Waals surface area (Å²) >= 11 is 12.1. The number of imidazole rings is 1. The summed E-state index contributed by atoms with van der Waals surface area (Å²) < 4.78 is 2.03. The quantitative estimate of drug-likeness (QED) is 0.851. The van der Waals surface area contributed by atoms with Crippen molar-refractivity contribution >= 4 is 40.2 Å². The zero-order valence-corrected chi connectivity index (χ0v) is 12.1. The molecule has 0 saturated carbocycles. The summed E-state index contributed by atoms with van der Waals surface area (Å²) in [5.74, 6) is 1.71. The highest BCUT2D eigenvalue weighted by Gasteiger charge is 2.27. The van der Waals surface area contributed by atoms with E-state index in [-0.39, 0.29) is 5.54 Å². The molecule has 1 heterocycles. The predicted molar refractivity (Wildman–Crippen MR) is 78.8 cm³/mol. The van der Waals surface area contributed by atoms with Gasteiger partial charge in [-0.2, -0.15) is 0 Å². The lowest BCUT2D eigenvalue weighted by Gasteiger charge is -2.29. The molecule has 1 N–H and O–H groups in total. The van der Waals surface area contributed by atoms with Gasteiger partial charge in [0.25, 0.3) is 0 Å². The van der Waals surface area contributed by atoms with Gasteiger partial charge in [-0.1, -0.05) is 19.1 Å². The van der Waals surface area contributed by atoms with E-state index in [1.54, 1.807) is 0 Å². The molecule has 2 aromatic rings. The van der Waals surface area contributed by atoms with E-state index >= 15 is 0 Å². The molecule has 0 saturated heterocycles. The number of halogens is 2. The van der Waals surface area contributed by atoms with E-state index in [9.17, 15) is 0 Å². The smallest absolute Gasteiger partial charge is 0.204 e. The lowest BCUT2D eigenvalue weighted by Crippen LogP contribution is -2.42. The van der Waals surface area contributed by atoms with Crippen LogP contribution < -0.4 is 5.32 Å². The third-order valence-electron chi connectivity index (χ3n) is 3.35. The van der Waals surface area contributed by atoms with Crippen LogP contribution in [-0.2, 0) is 7.05 Å². The van der Waals surface area contributed by atoms with Crippen LogP contribution in [0.5, 0.6) is 0 Å². The molecule has 0 radical (unpaired) electrons. The summed E-state index contributed by atoms with van der Waals surface area (Å²) in [7, 11) is 1.99. The van der Waals surface area contributed by atoms with Crippen LogP contribution in [0, 0.1) is 0 Å². The molecule has 18 heavy (non-hydrogen) atoms. The fraction of sp³-hybridized carbons (Fsp3) is 0.462. The number of aromatic nitrogens is 2. The highest BCUT2D eigenvalue weighted by Crippen LogP contribution is 2.24. The number of aryl methyl sites for hydroxylation is 1. The highest BCUT2D eigenvalue weighted by atomic mass is 35.5. The third-order valence-corrected chi connectivity index (χ3v) is 4.38. The van der Waals surface area contributed by atoms with Crippen molar-refractivity contribution < 1.29 is 0 Å². The van der Waals surface area contributed by atoms with Crippen LogP contribution >= 0.6 is 23.2 Å². The second-order valence-electron chi connectivity index (χ2n) is 4.51. The molecular weight excluding hydrogens is 269 g/mol. The molecule has 98 valence electrons. The Bertz CT molecular complexity index is 524. The van der Waals surface area contributed by atoms with Gasteiger partial charge in [-0.3, -0.25) is 0 Å². The normalized spacial score (nSPS) is 12.0. The molecule has 0 aliphatic rings. The van der Waals surface area contributed by atoms with Crippen molar-refractivity contribution in [1.29, 1.82) is 0 Å². The van der Waals surface area contributed by atoms with Gasteiger partial charge in [-0.05, 0) is 18.6 Å². The predicted octanol–water partition coefficient (Wildman–Crippen LogP) is 3.61. The van der Waals surface area contributed by atoms with Crippen LogP contribution in [0.2, 0.25) is 0 Å². The number of hydrogen-bond acceptors (Lipinski definition) is 2. The van der Waals surface area contributed by atoms with Gasteiger partial charge in [0.15, 0.2) is 0 Å². The molecule has 3 nitrogen and oxygen atoms in total.